The van der Waals surface area contributed by atoms with Crippen LogP contribution in [0.2, 0.25) is 0 Å². The van der Waals surface area contributed by atoms with Crippen molar-refractivity contribution in [3.8, 4) is 11.1 Å². The first kappa shape index (κ1) is 18.5. The molecule has 0 radical (unpaired) electrons. The van der Waals surface area contributed by atoms with Gasteiger partial charge in [-0.1, -0.05) is 36.4 Å². The van der Waals surface area contributed by atoms with Gasteiger partial charge in [0.25, 0.3) is 0 Å². The molecule has 4 heteroatoms. The fraction of sp³-hybridized carbons (Fsp3) is 0.333. The van der Waals surface area contributed by atoms with Gasteiger partial charge in [-0.2, -0.15) is 0 Å². The number of hydrogen-bond donors (Lipinski definition) is 0. The Morgan fingerprint density at radius 1 is 1.00 bits per heavy atom. The zero-order chi connectivity index (χ0) is 19.5. The Hall–Kier alpha value is -2.88. The molecule has 0 atom stereocenters. The van der Waals surface area contributed by atoms with Gasteiger partial charge < -0.3 is 9.32 Å². The number of benzene rings is 2. The summed E-state index contributed by atoms with van der Waals surface area (Å²) in [6.07, 6.45) is 4.58. The molecule has 1 aliphatic rings. The van der Waals surface area contributed by atoms with Crippen LogP contribution in [0, 0.1) is 6.92 Å². The van der Waals surface area contributed by atoms with Crippen LogP contribution in [0.4, 0.5) is 0 Å². The molecule has 0 spiro atoms. The molecule has 4 nitrogen and oxygen atoms in total. The van der Waals surface area contributed by atoms with E-state index < -0.39 is 0 Å². The second-order valence-electron chi connectivity index (χ2n) is 7.57. The fourth-order valence-corrected chi connectivity index (χ4v) is 4.01. The predicted molar refractivity (Wildman–Crippen MR) is 111 cm³/mol. The number of carbonyl (C=O) groups excluding carboxylic acids is 1. The SMILES string of the molecule is Cc1ccccc1-c1cc(=O)oc2cc(CCC(=O)N3CCCCC3)ccc12. The van der Waals surface area contributed by atoms with Gasteiger partial charge in [-0.05, 0) is 55.4 Å². The topological polar surface area (TPSA) is 50.5 Å². The normalized spacial score (nSPS) is 14.4. The molecule has 1 amide bonds. The van der Waals surface area contributed by atoms with Crippen LogP contribution < -0.4 is 5.63 Å². The summed E-state index contributed by atoms with van der Waals surface area (Å²) in [5.41, 5.74) is 4.28. The summed E-state index contributed by atoms with van der Waals surface area (Å²) in [7, 11) is 0. The molecule has 1 fully saturated rings. The molecule has 0 saturated carbocycles. The van der Waals surface area contributed by atoms with Gasteiger partial charge in [0.15, 0.2) is 0 Å². The molecule has 2 aromatic carbocycles. The zero-order valence-electron chi connectivity index (χ0n) is 16.2. The molecule has 1 saturated heterocycles. The number of rotatable bonds is 4. The summed E-state index contributed by atoms with van der Waals surface area (Å²) >= 11 is 0. The van der Waals surface area contributed by atoms with Gasteiger partial charge in [0.05, 0.1) is 0 Å². The summed E-state index contributed by atoms with van der Waals surface area (Å²) in [5, 5.41) is 0.917. The summed E-state index contributed by atoms with van der Waals surface area (Å²) < 4.78 is 5.48. The second kappa shape index (κ2) is 8.01. The Balaban J connectivity index is 1.60. The van der Waals surface area contributed by atoms with Crippen LogP contribution in [0.1, 0.15) is 36.8 Å². The van der Waals surface area contributed by atoms with Crippen molar-refractivity contribution < 1.29 is 9.21 Å². The van der Waals surface area contributed by atoms with Gasteiger partial charge in [-0.25, -0.2) is 4.79 Å². The van der Waals surface area contributed by atoms with E-state index in [1.165, 1.54) is 6.42 Å². The standard InChI is InChI=1S/C24H25NO3/c1-17-7-3-4-8-19(17)21-16-24(27)28-22-15-18(9-11-20(21)22)10-12-23(26)25-13-5-2-6-14-25/h3-4,7-9,11,15-16H,2,5-6,10,12-14H2,1H3. The number of amides is 1. The van der Waals surface area contributed by atoms with E-state index in [0.717, 1.165) is 53.6 Å². The smallest absolute Gasteiger partial charge is 0.336 e. The highest BCUT2D eigenvalue weighted by molar-refractivity contribution is 5.94. The largest absolute Gasteiger partial charge is 0.423 e. The first-order chi connectivity index (χ1) is 13.6. The Bertz CT molecular complexity index is 1060. The van der Waals surface area contributed by atoms with E-state index in [2.05, 4.69) is 0 Å². The third-order valence-electron chi connectivity index (χ3n) is 5.58. The first-order valence-electron chi connectivity index (χ1n) is 10.0. The summed E-state index contributed by atoms with van der Waals surface area (Å²) in [6.45, 7) is 3.80. The highest BCUT2D eigenvalue weighted by Crippen LogP contribution is 2.30. The van der Waals surface area contributed by atoms with Crippen molar-refractivity contribution in [3.63, 3.8) is 0 Å². The summed E-state index contributed by atoms with van der Waals surface area (Å²) in [5.74, 6) is 0.218. The number of likely N-dealkylation sites (tertiary alicyclic amines) is 1. The van der Waals surface area contributed by atoms with Crippen LogP contribution in [0.5, 0.6) is 0 Å². The first-order valence-corrected chi connectivity index (χ1v) is 10.0. The minimum Gasteiger partial charge on any atom is -0.423 e. The minimum atomic E-state index is -0.354. The number of hydrogen-bond acceptors (Lipinski definition) is 3. The molecule has 144 valence electrons. The van der Waals surface area contributed by atoms with Crippen molar-refractivity contribution in [2.45, 2.75) is 39.0 Å². The van der Waals surface area contributed by atoms with Gasteiger partial charge in [-0.15, -0.1) is 0 Å². The van der Waals surface area contributed by atoms with Gasteiger partial charge in [0.1, 0.15) is 5.58 Å². The third kappa shape index (κ3) is 3.86. The molecular weight excluding hydrogens is 350 g/mol. The van der Waals surface area contributed by atoms with Crippen LogP contribution in [0.25, 0.3) is 22.1 Å². The predicted octanol–water partition coefficient (Wildman–Crippen LogP) is 4.71. The zero-order valence-corrected chi connectivity index (χ0v) is 16.2. The highest BCUT2D eigenvalue weighted by Gasteiger charge is 2.16. The lowest BCUT2D eigenvalue weighted by molar-refractivity contribution is -0.132. The number of aryl methyl sites for hydroxylation is 2. The van der Waals surface area contributed by atoms with E-state index in [1.807, 2.05) is 54.3 Å². The van der Waals surface area contributed by atoms with Crippen LogP contribution in [-0.2, 0) is 11.2 Å². The van der Waals surface area contributed by atoms with Crippen LogP contribution >= 0.6 is 0 Å². The number of carbonyl (C=O) groups is 1. The Kier molecular flexibility index (Phi) is 5.29. The van der Waals surface area contributed by atoms with E-state index in [9.17, 15) is 9.59 Å². The molecule has 0 bridgehead atoms. The third-order valence-corrected chi connectivity index (χ3v) is 5.58. The van der Waals surface area contributed by atoms with E-state index in [-0.39, 0.29) is 11.5 Å². The van der Waals surface area contributed by atoms with Gasteiger partial charge in [0, 0.05) is 36.5 Å². The van der Waals surface area contributed by atoms with Crippen molar-refractivity contribution in [3.05, 3.63) is 70.1 Å². The molecule has 1 aromatic heterocycles. The number of nitrogens with zero attached hydrogens (tertiary/aromatic N) is 1. The van der Waals surface area contributed by atoms with Crippen molar-refractivity contribution in [2.24, 2.45) is 0 Å². The Morgan fingerprint density at radius 2 is 1.79 bits per heavy atom. The summed E-state index contributed by atoms with van der Waals surface area (Å²) in [6, 6.07) is 15.5. The highest BCUT2D eigenvalue weighted by atomic mass is 16.4. The van der Waals surface area contributed by atoms with E-state index in [4.69, 9.17) is 4.42 Å². The number of fused-ring (bicyclic) bond motifs is 1. The van der Waals surface area contributed by atoms with E-state index in [1.54, 1.807) is 6.07 Å². The lowest BCUT2D eigenvalue weighted by Crippen LogP contribution is -2.35. The quantitative estimate of drug-likeness (QED) is 0.620. The van der Waals surface area contributed by atoms with Crippen molar-refractivity contribution >= 4 is 16.9 Å². The number of piperidine rings is 1. The van der Waals surface area contributed by atoms with E-state index in [0.29, 0.717) is 18.4 Å². The molecule has 0 aliphatic carbocycles. The van der Waals surface area contributed by atoms with Crippen molar-refractivity contribution in [2.75, 3.05) is 13.1 Å². The fourth-order valence-electron chi connectivity index (χ4n) is 4.01. The monoisotopic (exact) mass is 375 g/mol. The van der Waals surface area contributed by atoms with Gasteiger partial charge >= 0.3 is 5.63 Å². The molecule has 28 heavy (non-hydrogen) atoms. The van der Waals surface area contributed by atoms with Crippen LogP contribution in [-0.4, -0.2) is 23.9 Å². The molecule has 0 N–H and O–H groups in total. The Morgan fingerprint density at radius 3 is 2.57 bits per heavy atom. The maximum absolute atomic E-state index is 12.4. The van der Waals surface area contributed by atoms with Crippen molar-refractivity contribution in [1.29, 1.82) is 0 Å². The lowest BCUT2D eigenvalue weighted by Gasteiger charge is -2.26. The van der Waals surface area contributed by atoms with Crippen LogP contribution in [0.15, 0.2) is 57.7 Å². The Labute approximate surface area is 164 Å². The van der Waals surface area contributed by atoms with Gasteiger partial charge in [0.2, 0.25) is 5.91 Å². The average molecular weight is 375 g/mol. The van der Waals surface area contributed by atoms with Gasteiger partial charge in [-0.3, -0.25) is 4.79 Å². The minimum absolute atomic E-state index is 0.218. The van der Waals surface area contributed by atoms with Crippen LogP contribution in [0.3, 0.4) is 0 Å². The molecule has 0 unspecified atom stereocenters. The lowest BCUT2D eigenvalue weighted by atomic mass is 9.97. The molecule has 4 rings (SSSR count). The van der Waals surface area contributed by atoms with Crippen molar-refractivity contribution in [1.82, 2.24) is 4.90 Å². The average Bonchev–Trinajstić information content (AvgIpc) is 2.72. The maximum Gasteiger partial charge on any atom is 0.336 e. The van der Waals surface area contributed by atoms with E-state index >= 15 is 0 Å². The molecule has 1 aliphatic heterocycles. The molecular formula is C24H25NO3. The second-order valence-corrected chi connectivity index (χ2v) is 7.57. The molecule has 3 aromatic rings. The summed E-state index contributed by atoms with van der Waals surface area (Å²) in [4.78, 5) is 26.5. The maximum atomic E-state index is 12.4. The molecule has 2 heterocycles.